The van der Waals surface area contributed by atoms with E-state index in [2.05, 4.69) is 25.3 Å². The molecule has 2 heteroatoms. The molecule has 2 nitrogen and oxygen atoms in total. The molecule has 14 heavy (non-hydrogen) atoms. The van der Waals surface area contributed by atoms with Gasteiger partial charge in [0.2, 0.25) is 0 Å². The Bertz CT molecular complexity index is 187. The van der Waals surface area contributed by atoms with Gasteiger partial charge in [-0.25, -0.2) is 0 Å². The van der Waals surface area contributed by atoms with E-state index in [1.54, 1.807) is 7.11 Å². The molecule has 0 aromatic carbocycles. The van der Waals surface area contributed by atoms with Crippen LogP contribution in [-0.2, 0) is 4.74 Å². The van der Waals surface area contributed by atoms with Gasteiger partial charge in [0.1, 0.15) is 0 Å². The van der Waals surface area contributed by atoms with Crippen LogP contribution in [0.5, 0.6) is 0 Å². The number of likely N-dealkylation sites (tertiary alicyclic amines) is 1. The highest BCUT2D eigenvalue weighted by atomic mass is 16.5. The van der Waals surface area contributed by atoms with E-state index in [1.807, 2.05) is 0 Å². The van der Waals surface area contributed by atoms with Gasteiger partial charge in [-0.05, 0) is 25.2 Å². The number of allylic oxidation sites excluding steroid dienone is 1. The summed E-state index contributed by atoms with van der Waals surface area (Å²) in [6.07, 6.45) is 3.88. The van der Waals surface area contributed by atoms with E-state index in [1.165, 1.54) is 25.0 Å². The summed E-state index contributed by atoms with van der Waals surface area (Å²) in [5, 5.41) is 0. The Morgan fingerprint density at radius 3 is 2.79 bits per heavy atom. The van der Waals surface area contributed by atoms with Crippen molar-refractivity contribution in [3.63, 3.8) is 0 Å². The van der Waals surface area contributed by atoms with Crippen molar-refractivity contribution in [2.75, 3.05) is 20.3 Å². The second kappa shape index (κ2) is 5.40. The summed E-state index contributed by atoms with van der Waals surface area (Å²) in [4.78, 5) is 2.44. The quantitative estimate of drug-likeness (QED) is 0.687. The molecule has 0 aromatic rings. The largest absolute Gasteiger partial charge is 0.383 e. The Kier molecular flexibility index (Phi) is 4.46. The van der Waals surface area contributed by atoms with Crippen molar-refractivity contribution >= 4 is 0 Å². The van der Waals surface area contributed by atoms with Crippen molar-refractivity contribution in [1.29, 1.82) is 0 Å². The van der Waals surface area contributed by atoms with Crippen LogP contribution in [0.15, 0.2) is 12.3 Å². The average molecular weight is 197 g/mol. The molecular weight excluding hydrogens is 174 g/mol. The SMILES string of the molecule is C=C(C(C)C)N1CCCCC1COC. The summed E-state index contributed by atoms with van der Waals surface area (Å²) in [5.74, 6) is 0.549. The predicted octanol–water partition coefficient (Wildman–Crippen LogP) is 2.66. The molecule has 82 valence electrons. The van der Waals surface area contributed by atoms with E-state index in [0.29, 0.717) is 12.0 Å². The third-order valence-corrected chi connectivity index (χ3v) is 3.02. The van der Waals surface area contributed by atoms with Crippen molar-refractivity contribution in [1.82, 2.24) is 4.90 Å². The first kappa shape index (κ1) is 11.6. The van der Waals surface area contributed by atoms with Crippen LogP contribution in [0.2, 0.25) is 0 Å². The standard InChI is InChI=1S/C12H23NO/c1-10(2)11(3)13-8-6-5-7-12(13)9-14-4/h10,12H,3,5-9H2,1-2,4H3. The zero-order valence-corrected chi connectivity index (χ0v) is 9.75. The molecular formula is C12H23NO. The Balaban J connectivity index is 2.57. The summed E-state index contributed by atoms with van der Waals surface area (Å²) in [6, 6.07) is 0.559. The maximum atomic E-state index is 5.26. The molecule has 1 rings (SSSR count). The van der Waals surface area contributed by atoms with Crippen LogP contribution >= 0.6 is 0 Å². The molecule has 1 heterocycles. The van der Waals surface area contributed by atoms with Crippen LogP contribution in [0.1, 0.15) is 33.1 Å². The molecule has 0 bridgehead atoms. The molecule has 1 fully saturated rings. The van der Waals surface area contributed by atoms with E-state index < -0.39 is 0 Å². The fourth-order valence-electron chi connectivity index (χ4n) is 2.08. The van der Waals surface area contributed by atoms with Crippen LogP contribution in [0.25, 0.3) is 0 Å². The highest BCUT2D eigenvalue weighted by Gasteiger charge is 2.24. The van der Waals surface area contributed by atoms with Crippen molar-refractivity contribution in [3.8, 4) is 0 Å². The van der Waals surface area contributed by atoms with Crippen molar-refractivity contribution < 1.29 is 4.74 Å². The molecule has 0 saturated carbocycles. The first-order valence-corrected chi connectivity index (χ1v) is 5.61. The van der Waals surface area contributed by atoms with Crippen LogP contribution in [-0.4, -0.2) is 31.2 Å². The summed E-state index contributed by atoms with van der Waals surface area (Å²) >= 11 is 0. The van der Waals surface area contributed by atoms with Gasteiger partial charge in [0.15, 0.2) is 0 Å². The average Bonchev–Trinajstić information content (AvgIpc) is 2.18. The first-order chi connectivity index (χ1) is 6.66. The normalized spacial score (nSPS) is 22.9. The topological polar surface area (TPSA) is 12.5 Å². The molecule has 1 aliphatic heterocycles. The smallest absolute Gasteiger partial charge is 0.0666 e. The van der Waals surface area contributed by atoms with Gasteiger partial charge in [0, 0.05) is 19.4 Å². The Labute approximate surface area is 87.9 Å². The van der Waals surface area contributed by atoms with Crippen molar-refractivity contribution in [2.45, 2.75) is 39.2 Å². The van der Waals surface area contributed by atoms with Crippen molar-refractivity contribution in [2.24, 2.45) is 5.92 Å². The second-order valence-electron chi connectivity index (χ2n) is 4.44. The number of nitrogens with zero attached hydrogens (tertiary/aromatic N) is 1. The third-order valence-electron chi connectivity index (χ3n) is 3.02. The van der Waals surface area contributed by atoms with Gasteiger partial charge < -0.3 is 9.64 Å². The van der Waals surface area contributed by atoms with Gasteiger partial charge in [-0.15, -0.1) is 0 Å². The highest BCUT2D eigenvalue weighted by molar-refractivity contribution is 5.01. The summed E-state index contributed by atoms with van der Waals surface area (Å²) in [5.41, 5.74) is 1.27. The molecule has 1 saturated heterocycles. The molecule has 0 N–H and O–H groups in total. The van der Waals surface area contributed by atoms with Gasteiger partial charge in [0.05, 0.1) is 12.6 Å². The summed E-state index contributed by atoms with van der Waals surface area (Å²) < 4.78 is 5.26. The maximum absolute atomic E-state index is 5.26. The lowest BCUT2D eigenvalue weighted by Crippen LogP contribution is -2.42. The second-order valence-corrected chi connectivity index (χ2v) is 4.44. The fraction of sp³-hybridized carbons (Fsp3) is 0.833. The number of hydrogen-bond donors (Lipinski definition) is 0. The zero-order chi connectivity index (χ0) is 10.6. The summed E-state index contributed by atoms with van der Waals surface area (Å²) in [6.45, 7) is 10.6. The lowest BCUT2D eigenvalue weighted by atomic mass is 9.99. The summed E-state index contributed by atoms with van der Waals surface area (Å²) in [7, 11) is 1.78. The van der Waals surface area contributed by atoms with Crippen LogP contribution in [0, 0.1) is 5.92 Å². The van der Waals surface area contributed by atoms with E-state index in [0.717, 1.165) is 13.2 Å². The number of methoxy groups -OCH3 is 1. The zero-order valence-electron chi connectivity index (χ0n) is 9.75. The highest BCUT2D eigenvalue weighted by Crippen LogP contribution is 2.24. The minimum absolute atomic E-state index is 0.549. The van der Waals surface area contributed by atoms with Crippen molar-refractivity contribution in [3.05, 3.63) is 12.3 Å². The van der Waals surface area contributed by atoms with E-state index >= 15 is 0 Å². The van der Waals surface area contributed by atoms with E-state index in [4.69, 9.17) is 4.74 Å². The lowest BCUT2D eigenvalue weighted by molar-refractivity contribution is 0.0814. The fourth-order valence-corrected chi connectivity index (χ4v) is 2.08. The molecule has 0 spiro atoms. The number of rotatable bonds is 4. The Hall–Kier alpha value is -0.500. The number of piperidine rings is 1. The van der Waals surface area contributed by atoms with Gasteiger partial charge in [0.25, 0.3) is 0 Å². The van der Waals surface area contributed by atoms with Gasteiger partial charge in [-0.2, -0.15) is 0 Å². The minimum atomic E-state index is 0.549. The first-order valence-electron chi connectivity index (χ1n) is 5.61. The molecule has 0 amide bonds. The van der Waals surface area contributed by atoms with E-state index in [9.17, 15) is 0 Å². The minimum Gasteiger partial charge on any atom is -0.383 e. The molecule has 0 aromatic heterocycles. The van der Waals surface area contributed by atoms with E-state index in [-0.39, 0.29) is 0 Å². The number of hydrogen-bond acceptors (Lipinski definition) is 2. The molecule has 0 aliphatic carbocycles. The lowest BCUT2D eigenvalue weighted by Gasteiger charge is -2.39. The van der Waals surface area contributed by atoms with Gasteiger partial charge in [-0.3, -0.25) is 0 Å². The van der Waals surface area contributed by atoms with Crippen LogP contribution in [0.4, 0.5) is 0 Å². The van der Waals surface area contributed by atoms with Crippen LogP contribution in [0.3, 0.4) is 0 Å². The number of ether oxygens (including phenoxy) is 1. The van der Waals surface area contributed by atoms with Gasteiger partial charge in [-0.1, -0.05) is 20.4 Å². The Morgan fingerprint density at radius 2 is 2.21 bits per heavy atom. The van der Waals surface area contributed by atoms with Crippen LogP contribution < -0.4 is 0 Å². The maximum Gasteiger partial charge on any atom is 0.0666 e. The third kappa shape index (κ3) is 2.74. The Morgan fingerprint density at radius 1 is 1.50 bits per heavy atom. The molecule has 1 unspecified atom stereocenters. The monoisotopic (exact) mass is 197 g/mol. The molecule has 0 radical (unpaired) electrons. The molecule has 1 atom stereocenters. The van der Waals surface area contributed by atoms with Gasteiger partial charge >= 0.3 is 0 Å². The predicted molar refractivity (Wildman–Crippen MR) is 60.2 cm³/mol. The molecule has 1 aliphatic rings.